The van der Waals surface area contributed by atoms with Crippen LogP contribution >= 0.6 is 0 Å². The summed E-state index contributed by atoms with van der Waals surface area (Å²) in [7, 11) is -2.35. The van der Waals surface area contributed by atoms with Gasteiger partial charge in [-0.2, -0.15) is 8.42 Å². The van der Waals surface area contributed by atoms with E-state index in [9.17, 15) is 18.0 Å². The number of ether oxygens (including phenoxy) is 2. The Labute approximate surface area is 152 Å². The summed E-state index contributed by atoms with van der Waals surface area (Å²) in [6.45, 7) is 0.193. The molecule has 3 aliphatic rings. The highest BCUT2D eigenvalue weighted by atomic mass is 32.2. The zero-order valence-corrected chi connectivity index (χ0v) is 15.5. The molecule has 1 aromatic rings. The predicted molar refractivity (Wildman–Crippen MR) is 90.5 cm³/mol. The first-order valence-electron chi connectivity index (χ1n) is 8.11. The van der Waals surface area contributed by atoms with E-state index < -0.39 is 33.1 Å². The van der Waals surface area contributed by atoms with E-state index >= 15 is 0 Å². The fraction of sp³-hybridized carbons (Fsp3) is 0.529. The van der Waals surface area contributed by atoms with Crippen molar-refractivity contribution in [1.82, 2.24) is 4.90 Å². The van der Waals surface area contributed by atoms with Crippen LogP contribution in [0.3, 0.4) is 0 Å². The molecule has 1 saturated carbocycles. The summed E-state index contributed by atoms with van der Waals surface area (Å²) in [5, 5.41) is 0. The molecular weight excluding hydrogens is 362 g/mol. The van der Waals surface area contributed by atoms with Crippen molar-refractivity contribution in [2.24, 2.45) is 5.41 Å². The van der Waals surface area contributed by atoms with E-state index in [-0.39, 0.29) is 19.8 Å². The number of fused-ring (bicyclic) bond motifs is 1. The van der Waals surface area contributed by atoms with Gasteiger partial charge in [0.15, 0.2) is 0 Å². The maximum atomic E-state index is 12.6. The molecule has 2 bridgehead atoms. The van der Waals surface area contributed by atoms with Crippen molar-refractivity contribution in [3.05, 3.63) is 35.9 Å². The number of rotatable bonds is 6. The molecule has 1 aliphatic carbocycles. The van der Waals surface area contributed by atoms with Crippen LogP contribution in [-0.4, -0.2) is 57.4 Å². The molecule has 8 nitrogen and oxygen atoms in total. The standard InChI is InChI=1S/C17H21NO7S/c1-23-14(19)17-9-16(10-17,12-25-26(2,21)22)11-18(17)15(20)24-8-13-6-4-3-5-7-13/h3-7H,8-12H2,1-2H3. The molecule has 4 rings (SSSR count). The number of methoxy groups -OCH3 is 1. The molecule has 0 spiro atoms. The predicted octanol–water partition coefficient (Wildman–Crippen LogP) is 1.31. The van der Waals surface area contributed by atoms with E-state index in [0.29, 0.717) is 12.8 Å². The number of carbonyl (C=O) groups excluding carboxylic acids is 2. The summed E-state index contributed by atoms with van der Waals surface area (Å²) in [6, 6.07) is 9.19. The van der Waals surface area contributed by atoms with Gasteiger partial charge in [0.1, 0.15) is 12.1 Å². The van der Waals surface area contributed by atoms with Crippen molar-refractivity contribution < 1.29 is 31.7 Å². The zero-order chi connectivity index (χ0) is 19.0. The first-order chi connectivity index (χ1) is 12.2. The molecular formula is C17H21NO7S. The van der Waals surface area contributed by atoms with Gasteiger partial charge in [0.05, 0.1) is 20.0 Å². The lowest BCUT2D eigenvalue weighted by Gasteiger charge is -2.44. The van der Waals surface area contributed by atoms with E-state index in [1.54, 1.807) is 0 Å². The molecule has 1 aromatic carbocycles. The smallest absolute Gasteiger partial charge is 0.411 e. The highest BCUT2D eigenvalue weighted by Gasteiger charge is 2.71. The summed E-state index contributed by atoms with van der Waals surface area (Å²) in [5.41, 5.74) is -0.860. The van der Waals surface area contributed by atoms with Crippen molar-refractivity contribution in [2.45, 2.75) is 25.0 Å². The van der Waals surface area contributed by atoms with Gasteiger partial charge in [-0.05, 0) is 18.4 Å². The van der Waals surface area contributed by atoms with Crippen LogP contribution in [0.1, 0.15) is 18.4 Å². The molecule has 0 unspecified atom stereocenters. The van der Waals surface area contributed by atoms with Crippen LogP contribution in [-0.2, 0) is 35.2 Å². The quantitative estimate of drug-likeness (QED) is 0.539. The topological polar surface area (TPSA) is 99.2 Å². The lowest BCUT2D eigenvalue weighted by molar-refractivity contribution is -0.158. The Morgan fingerprint density at radius 1 is 1.19 bits per heavy atom. The second-order valence-corrected chi connectivity index (χ2v) is 8.61. The van der Waals surface area contributed by atoms with E-state index in [0.717, 1.165) is 11.8 Å². The Morgan fingerprint density at radius 3 is 2.42 bits per heavy atom. The molecule has 0 aromatic heterocycles. The minimum atomic E-state index is -3.61. The lowest BCUT2D eigenvalue weighted by Crippen LogP contribution is -2.58. The van der Waals surface area contributed by atoms with Gasteiger partial charge in [-0.15, -0.1) is 0 Å². The number of benzene rings is 1. The van der Waals surface area contributed by atoms with E-state index in [4.69, 9.17) is 13.7 Å². The van der Waals surface area contributed by atoms with Gasteiger partial charge in [0.2, 0.25) is 0 Å². The number of amides is 1. The van der Waals surface area contributed by atoms with Gasteiger partial charge < -0.3 is 9.47 Å². The number of hydrogen-bond acceptors (Lipinski definition) is 7. The van der Waals surface area contributed by atoms with Gasteiger partial charge in [0, 0.05) is 12.0 Å². The largest absolute Gasteiger partial charge is 0.467 e. The second kappa shape index (κ2) is 6.55. The van der Waals surface area contributed by atoms with Crippen molar-refractivity contribution >= 4 is 22.2 Å². The van der Waals surface area contributed by atoms with Gasteiger partial charge in [-0.25, -0.2) is 9.59 Å². The van der Waals surface area contributed by atoms with Gasteiger partial charge in [0.25, 0.3) is 10.1 Å². The van der Waals surface area contributed by atoms with Crippen molar-refractivity contribution in [3.8, 4) is 0 Å². The SMILES string of the molecule is COC(=O)C12CC(COS(C)(=O)=O)(CN1C(=O)OCc1ccccc1)C2. The molecule has 0 N–H and O–H groups in total. The van der Waals surface area contributed by atoms with E-state index in [1.165, 1.54) is 12.0 Å². The van der Waals surface area contributed by atoms with Crippen LogP contribution in [0, 0.1) is 5.41 Å². The molecule has 0 atom stereocenters. The van der Waals surface area contributed by atoms with E-state index in [1.807, 2.05) is 30.3 Å². The summed E-state index contributed by atoms with van der Waals surface area (Å²) in [5.74, 6) is -0.526. The Balaban J connectivity index is 1.70. The zero-order valence-electron chi connectivity index (χ0n) is 14.6. The average Bonchev–Trinajstić information content (AvgIpc) is 3.09. The number of hydrogen-bond donors (Lipinski definition) is 0. The van der Waals surface area contributed by atoms with Crippen LogP contribution in [0.4, 0.5) is 4.79 Å². The number of nitrogens with zero attached hydrogens (tertiary/aromatic N) is 1. The maximum absolute atomic E-state index is 12.6. The Morgan fingerprint density at radius 2 is 1.85 bits per heavy atom. The first-order valence-corrected chi connectivity index (χ1v) is 9.93. The second-order valence-electron chi connectivity index (χ2n) is 6.97. The van der Waals surface area contributed by atoms with Gasteiger partial charge in [-0.1, -0.05) is 30.3 Å². The highest BCUT2D eigenvalue weighted by molar-refractivity contribution is 7.85. The Bertz CT molecular complexity index is 800. The normalized spacial score (nSPS) is 26.9. The van der Waals surface area contributed by atoms with Crippen LogP contribution < -0.4 is 0 Å². The molecule has 3 fully saturated rings. The fourth-order valence-electron chi connectivity index (χ4n) is 3.84. The lowest BCUT2D eigenvalue weighted by atomic mass is 9.62. The van der Waals surface area contributed by atoms with Crippen LogP contribution in [0.2, 0.25) is 0 Å². The minimum absolute atomic E-state index is 0.0763. The minimum Gasteiger partial charge on any atom is -0.467 e. The third-order valence-corrected chi connectivity index (χ3v) is 5.46. The maximum Gasteiger partial charge on any atom is 0.411 e. The summed E-state index contributed by atoms with van der Waals surface area (Å²) >= 11 is 0. The van der Waals surface area contributed by atoms with Crippen LogP contribution in [0.15, 0.2) is 30.3 Å². The third-order valence-electron chi connectivity index (χ3n) is 4.92. The van der Waals surface area contributed by atoms with Crippen molar-refractivity contribution in [1.29, 1.82) is 0 Å². The first kappa shape index (κ1) is 18.7. The molecule has 26 heavy (non-hydrogen) atoms. The monoisotopic (exact) mass is 383 g/mol. The summed E-state index contributed by atoms with van der Waals surface area (Å²) in [4.78, 5) is 26.2. The third kappa shape index (κ3) is 3.41. The molecule has 0 radical (unpaired) electrons. The van der Waals surface area contributed by atoms with Crippen molar-refractivity contribution in [2.75, 3.05) is 26.5 Å². The van der Waals surface area contributed by atoms with E-state index in [2.05, 4.69) is 0 Å². The van der Waals surface area contributed by atoms with Gasteiger partial charge >= 0.3 is 12.1 Å². The molecule has 1 amide bonds. The summed E-state index contributed by atoms with van der Waals surface area (Å²) < 4.78 is 37.7. The van der Waals surface area contributed by atoms with Crippen molar-refractivity contribution in [3.63, 3.8) is 0 Å². The molecule has 9 heteroatoms. The van der Waals surface area contributed by atoms with Crippen LogP contribution in [0.5, 0.6) is 0 Å². The molecule has 2 aliphatic heterocycles. The summed E-state index contributed by atoms with van der Waals surface area (Å²) in [6.07, 6.45) is 0.931. The molecule has 2 saturated heterocycles. The Kier molecular flexibility index (Phi) is 4.70. The van der Waals surface area contributed by atoms with Crippen LogP contribution in [0.25, 0.3) is 0 Å². The average molecular weight is 383 g/mol. The highest BCUT2D eigenvalue weighted by Crippen LogP contribution is 2.60. The fourth-order valence-corrected chi connectivity index (χ4v) is 4.30. The number of esters is 1. The molecule has 142 valence electrons. The Hall–Kier alpha value is -2.13. The number of carbonyl (C=O) groups is 2. The molecule has 2 heterocycles. The van der Waals surface area contributed by atoms with Gasteiger partial charge in [-0.3, -0.25) is 9.08 Å².